The minimum absolute atomic E-state index is 0.312. The monoisotopic (exact) mass is 354 g/mol. The van der Waals surface area contributed by atoms with Crippen LogP contribution in [0.2, 0.25) is 0 Å². The molecule has 3 aromatic rings. The predicted octanol–water partition coefficient (Wildman–Crippen LogP) is 5.27. The molecule has 0 saturated carbocycles. The fourth-order valence-corrected chi connectivity index (χ4v) is 2.75. The maximum absolute atomic E-state index is 12.4. The second-order valence-electron chi connectivity index (χ2n) is 6.24. The van der Waals surface area contributed by atoms with Crippen LogP contribution in [0.15, 0.2) is 84.9 Å². The van der Waals surface area contributed by atoms with Crippen LogP contribution in [-0.2, 0) is 11.2 Å². The van der Waals surface area contributed by atoms with E-state index in [0.717, 1.165) is 24.8 Å². The van der Waals surface area contributed by atoms with E-state index >= 15 is 0 Å². The molecule has 0 bridgehead atoms. The molecule has 0 unspecified atom stereocenters. The summed E-state index contributed by atoms with van der Waals surface area (Å²) in [5.74, 6) is 5.86. The van der Waals surface area contributed by atoms with E-state index < -0.39 is 0 Å². The van der Waals surface area contributed by atoms with Crippen molar-refractivity contribution in [2.45, 2.75) is 19.3 Å². The first-order chi connectivity index (χ1) is 13.3. The molecule has 0 spiro atoms. The summed E-state index contributed by atoms with van der Waals surface area (Å²) in [5.41, 5.74) is 3.44. The number of carbonyl (C=O) groups excluding carboxylic acids is 1. The summed E-state index contributed by atoms with van der Waals surface area (Å²) in [5, 5.41) is 0. The molecule has 134 valence electrons. The van der Waals surface area contributed by atoms with Gasteiger partial charge in [-0.25, -0.2) is 4.79 Å². The molecule has 0 aliphatic rings. The van der Waals surface area contributed by atoms with E-state index in [1.165, 1.54) is 5.56 Å². The Balaban J connectivity index is 1.53. The Morgan fingerprint density at radius 3 is 2.19 bits per heavy atom. The van der Waals surface area contributed by atoms with Crippen molar-refractivity contribution >= 4 is 5.97 Å². The van der Waals surface area contributed by atoms with Crippen LogP contribution < -0.4 is 0 Å². The molecular weight excluding hydrogens is 332 g/mol. The molecule has 0 heterocycles. The number of unbranched alkanes of at least 4 members (excludes halogenated alkanes) is 1. The second-order valence-corrected chi connectivity index (χ2v) is 6.24. The van der Waals surface area contributed by atoms with Crippen molar-refractivity contribution in [2.75, 3.05) is 6.61 Å². The molecule has 0 aliphatic heterocycles. The first kappa shape index (κ1) is 18.5. The number of ether oxygens (including phenoxy) is 1. The summed E-state index contributed by atoms with van der Waals surface area (Å²) < 4.78 is 5.45. The van der Waals surface area contributed by atoms with Gasteiger partial charge in [0.05, 0.1) is 12.2 Å². The molecule has 0 atom stereocenters. The molecule has 3 rings (SSSR count). The van der Waals surface area contributed by atoms with Crippen molar-refractivity contribution in [3.05, 3.63) is 107 Å². The van der Waals surface area contributed by atoms with Crippen molar-refractivity contribution in [1.82, 2.24) is 0 Å². The first-order valence-electron chi connectivity index (χ1n) is 9.20. The highest BCUT2D eigenvalue weighted by Gasteiger charge is 2.10. The fraction of sp³-hybridized carbons (Fsp3) is 0.160. The van der Waals surface area contributed by atoms with Gasteiger partial charge in [0, 0.05) is 11.1 Å². The highest BCUT2D eigenvalue weighted by molar-refractivity contribution is 5.92. The van der Waals surface area contributed by atoms with Crippen LogP contribution >= 0.6 is 0 Å². The highest BCUT2D eigenvalue weighted by Crippen LogP contribution is 2.11. The predicted molar refractivity (Wildman–Crippen MR) is 109 cm³/mol. The average Bonchev–Trinajstić information content (AvgIpc) is 2.73. The van der Waals surface area contributed by atoms with Crippen molar-refractivity contribution in [1.29, 1.82) is 0 Å². The Kier molecular flexibility index (Phi) is 6.84. The quantitative estimate of drug-likeness (QED) is 0.343. The SMILES string of the molecule is O=C(OCCCCc1ccccc1)c1ccccc1C#Cc1ccccc1. The molecule has 0 radical (unpaired) electrons. The minimum Gasteiger partial charge on any atom is -0.462 e. The van der Waals surface area contributed by atoms with Crippen molar-refractivity contribution < 1.29 is 9.53 Å². The lowest BCUT2D eigenvalue weighted by molar-refractivity contribution is 0.0498. The van der Waals surface area contributed by atoms with E-state index in [-0.39, 0.29) is 5.97 Å². The Morgan fingerprint density at radius 1 is 0.741 bits per heavy atom. The zero-order valence-electron chi connectivity index (χ0n) is 15.2. The van der Waals surface area contributed by atoms with Gasteiger partial charge in [-0.3, -0.25) is 0 Å². The Hall–Kier alpha value is -3.31. The lowest BCUT2D eigenvalue weighted by Gasteiger charge is -2.06. The van der Waals surface area contributed by atoms with Gasteiger partial charge in [-0.15, -0.1) is 0 Å². The number of aryl methyl sites for hydroxylation is 1. The van der Waals surface area contributed by atoms with Crippen molar-refractivity contribution in [3.63, 3.8) is 0 Å². The molecule has 27 heavy (non-hydrogen) atoms. The standard InChI is InChI=1S/C25H22O2/c26-25(27-20-10-9-15-21-11-3-1-4-12-21)24-17-8-7-16-23(24)19-18-22-13-5-2-6-14-22/h1-8,11-14,16-17H,9-10,15,20H2. The zero-order chi connectivity index (χ0) is 18.7. The number of hydrogen-bond donors (Lipinski definition) is 0. The topological polar surface area (TPSA) is 26.3 Å². The molecule has 0 aromatic heterocycles. The largest absolute Gasteiger partial charge is 0.462 e. The molecule has 0 N–H and O–H groups in total. The van der Waals surface area contributed by atoms with Crippen LogP contribution in [-0.4, -0.2) is 12.6 Å². The van der Waals surface area contributed by atoms with Crippen LogP contribution in [0.5, 0.6) is 0 Å². The molecule has 2 heteroatoms. The van der Waals surface area contributed by atoms with E-state index in [9.17, 15) is 4.79 Å². The summed E-state index contributed by atoms with van der Waals surface area (Å²) >= 11 is 0. The molecule has 0 aliphatic carbocycles. The summed E-state index contributed by atoms with van der Waals surface area (Å²) in [6, 6.07) is 27.4. The number of benzene rings is 3. The maximum Gasteiger partial charge on any atom is 0.339 e. The summed E-state index contributed by atoms with van der Waals surface area (Å²) in [7, 11) is 0. The number of rotatable bonds is 6. The van der Waals surface area contributed by atoms with Crippen molar-refractivity contribution in [2.24, 2.45) is 0 Å². The van der Waals surface area contributed by atoms with E-state index in [1.807, 2.05) is 66.7 Å². The summed E-state index contributed by atoms with van der Waals surface area (Å²) in [6.45, 7) is 0.423. The van der Waals surface area contributed by atoms with Crippen LogP contribution in [0, 0.1) is 11.8 Å². The Labute approximate surface area is 160 Å². The van der Waals surface area contributed by atoms with Gasteiger partial charge in [0.15, 0.2) is 0 Å². The third-order valence-corrected chi connectivity index (χ3v) is 4.20. The summed E-state index contributed by atoms with van der Waals surface area (Å²) in [6.07, 6.45) is 2.84. The van der Waals surface area contributed by atoms with Gasteiger partial charge in [-0.2, -0.15) is 0 Å². The zero-order valence-corrected chi connectivity index (χ0v) is 15.2. The second kappa shape index (κ2) is 9.99. The van der Waals surface area contributed by atoms with Crippen LogP contribution in [0.1, 0.15) is 39.9 Å². The molecule has 0 amide bonds. The van der Waals surface area contributed by atoms with Gasteiger partial charge in [0.25, 0.3) is 0 Å². The lowest BCUT2D eigenvalue weighted by Crippen LogP contribution is -2.08. The lowest BCUT2D eigenvalue weighted by atomic mass is 10.1. The first-order valence-corrected chi connectivity index (χ1v) is 9.20. The Morgan fingerprint density at radius 2 is 1.41 bits per heavy atom. The van der Waals surface area contributed by atoms with E-state index in [2.05, 4.69) is 24.0 Å². The number of carbonyl (C=O) groups is 1. The van der Waals surface area contributed by atoms with E-state index in [0.29, 0.717) is 17.7 Å². The molecule has 0 fully saturated rings. The highest BCUT2D eigenvalue weighted by atomic mass is 16.5. The number of esters is 1. The Bertz CT molecular complexity index is 919. The van der Waals surface area contributed by atoms with Crippen LogP contribution in [0.4, 0.5) is 0 Å². The van der Waals surface area contributed by atoms with Gasteiger partial charge in [-0.05, 0) is 49.1 Å². The van der Waals surface area contributed by atoms with E-state index in [1.54, 1.807) is 6.07 Å². The smallest absolute Gasteiger partial charge is 0.339 e. The maximum atomic E-state index is 12.4. The van der Waals surface area contributed by atoms with Crippen LogP contribution in [0.25, 0.3) is 0 Å². The third-order valence-electron chi connectivity index (χ3n) is 4.20. The van der Waals surface area contributed by atoms with Gasteiger partial charge in [0.1, 0.15) is 0 Å². The minimum atomic E-state index is -0.312. The molecule has 3 aromatic carbocycles. The molecular formula is C25H22O2. The molecule has 0 saturated heterocycles. The van der Waals surface area contributed by atoms with Gasteiger partial charge >= 0.3 is 5.97 Å². The van der Waals surface area contributed by atoms with Crippen molar-refractivity contribution in [3.8, 4) is 11.8 Å². The van der Waals surface area contributed by atoms with Gasteiger partial charge in [0.2, 0.25) is 0 Å². The average molecular weight is 354 g/mol. The van der Waals surface area contributed by atoms with Gasteiger partial charge in [-0.1, -0.05) is 72.5 Å². The molecule has 2 nitrogen and oxygen atoms in total. The normalized spacial score (nSPS) is 9.93. The van der Waals surface area contributed by atoms with Gasteiger partial charge < -0.3 is 4.74 Å². The number of hydrogen-bond acceptors (Lipinski definition) is 2. The van der Waals surface area contributed by atoms with E-state index in [4.69, 9.17) is 4.74 Å². The summed E-state index contributed by atoms with van der Waals surface area (Å²) in [4.78, 5) is 12.4. The van der Waals surface area contributed by atoms with Crippen LogP contribution in [0.3, 0.4) is 0 Å². The third kappa shape index (κ3) is 5.87. The fourth-order valence-electron chi connectivity index (χ4n) is 2.75.